The SMILES string of the molecule is CCCc1c(Cc2ccc(-c3ccccc3C3=NOC(O)N3)cc2)c(=O)n(-c2cccc(OC)c2)c2ncnn12. The topological polar surface area (TPSA) is 115 Å². The zero-order valence-corrected chi connectivity index (χ0v) is 22.1. The molecule has 2 aromatic heterocycles. The van der Waals surface area contributed by atoms with Gasteiger partial charge in [-0.25, -0.2) is 9.08 Å². The van der Waals surface area contributed by atoms with Gasteiger partial charge in [-0.3, -0.25) is 4.79 Å². The van der Waals surface area contributed by atoms with E-state index in [0.29, 0.717) is 41.5 Å². The van der Waals surface area contributed by atoms with Gasteiger partial charge in [0.15, 0.2) is 5.84 Å². The second kappa shape index (κ2) is 10.7. The Morgan fingerprint density at radius 1 is 1.05 bits per heavy atom. The lowest BCUT2D eigenvalue weighted by Gasteiger charge is -2.16. The Kier molecular flexibility index (Phi) is 6.75. The highest BCUT2D eigenvalue weighted by molar-refractivity contribution is 6.04. The van der Waals surface area contributed by atoms with Gasteiger partial charge in [0.25, 0.3) is 5.56 Å². The first-order valence-corrected chi connectivity index (χ1v) is 13.1. The van der Waals surface area contributed by atoms with E-state index in [2.05, 4.69) is 27.5 Å². The molecule has 1 unspecified atom stereocenters. The number of rotatable bonds is 8. The van der Waals surface area contributed by atoms with Gasteiger partial charge in [0.2, 0.25) is 5.78 Å². The fourth-order valence-corrected chi connectivity index (χ4v) is 5.06. The number of ether oxygens (including phenoxy) is 1. The van der Waals surface area contributed by atoms with Crippen molar-refractivity contribution in [1.82, 2.24) is 24.5 Å². The molecule has 1 aliphatic heterocycles. The summed E-state index contributed by atoms with van der Waals surface area (Å²) < 4.78 is 8.77. The highest BCUT2D eigenvalue weighted by atomic mass is 16.7. The number of oxime groups is 1. The molecule has 1 atom stereocenters. The monoisotopic (exact) mass is 536 g/mol. The Bertz CT molecular complexity index is 1770. The first-order chi connectivity index (χ1) is 19.6. The van der Waals surface area contributed by atoms with Crippen molar-refractivity contribution >= 4 is 11.6 Å². The van der Waals surface area contributed by atoms with E-state index in [0.717, 1.165) is 34.4 Å². The second-order valence-corrected chi connectivity index (χ2v) is 9.45. The van der Waals surface area contributed by atoms with Crippen molar-refractivity contribution in [2.24, 2.45) is 5.16 Å². The average molecular weight is 537 g/mol. The third-order valence-corrected chi connectivity index (χ3v) is 6.93. The fraction of sp³-hybridized carbons (Fsp3) is 0.200. The Labute approximate surface area is 230 Å². The number of aliphatic hydroxyl groups excluding tert-OH is 1. The van der Waals surface area contributed by atoms with Crippen molar-refractivity contribution in [3.05, 3.63) is 112 Å². The fourth-order valence-electron chi connectivity index (χ4n) is 5.06. The number of nitrogens with zero attached hydrogens (tertiary/aromatic N) is 5. The predicted molar refractivity (Wildman–Crippen MR) is 151 cm³/mol. The van der Waals surface area contributed by atoms with Crippen LogP contribution >= 0.6 is 0 Å². The summed E-state index contributed by atoms with van der Waals surface area (Å²) in [6.07, 6.45) is 2.30. The molecule has 0 bridgehead atoms. The van der Waals surface area contributed by atoms with E-state index < -0.39 is 6.41 Å². The third kappa shape index (κ3) is 4.58. The number of methoxy groups -OCH3 is 1. The summed E-state index contributed by atoms with van der Waals surface area (Å²) in [6, 6.07) is 23.2. The first kappa shape index (κ1) is 25.3. The number of hydrogen-bond acceptors (Lipinski definition) is 8. The molecule has 3 aromatic carbocycles. The van der Waals surface area contributed by atoms with E-state index in [1.54, 1.807) is 16.2 Å². The molecule has 0 saturated heterocycles. The van der Waals surface area contributed by atoms with Crippen LogP contribution in [0.1, 0.15) is 35.7 Å². The summed E-state index contributed by atoms with van der Waals surface area (Å²) in [5, 5.41) is 20.9. The smallest absolute Gasteiger partial charge is 0.304 e. The molecule has 0 saturated carbocycles. The molecule has 5 aromatic rings. The first-order valence-electron chi connectivity index (χ1n) is 13.1. The molecular formula is C30H28N6O4. The molecule has 0 amide bonds. The molecule has 10 heteroatoms. The van der Waals surface area contributed by atoms with Crippen LogP contribution in [0.15, 0.2) is 89.1 Å². The van der Waals surface area contributed by atoms with Crippen molar-refractivity contribution in [2.75, 3.05) is 7.11 Å². The molecular weight excluding hydrogens is 508 g/mol. The lowest BCUT2D eigenvalue weighted by atomic mass is 9.96. The van der Waals surface area contributed by atoms with Crippen LogP contribution in [0.4, 0.5) is 0 Å². The van der Waals surface area contributed by atoms with Crippen LogP contribution in [-0.2, 0) is 17.7 Å². The van der Waals surface area contributed by atoms with E-state index in [1.165, 1.54) is 6.33 Å². The van der Waals surface area contributed by atoms with Crippen LogP contribution in [-0.4, -0.2) is 43.6 Å². The van der Waals surface area contributed by atoms with Gasteiger partial charge in [-0.1, -0.05) is 73.1 Å². The number of aryl methyl sites for hydroxylation is 1. The van der Waals surface area contributed by atoms with E-state index in [1.807, 2.05) is 72.8 Å². The Morgan fingerprint density at radius 3 is 2.58 bits per heavy atom. The van der Waals surface area contributed by atoms with E-state index >= 15 is 0 Å². The quantitative estimate of drug-likeness (QED) is 0.311. The Balaban J connectivity index is 1.41. The molecule has 0 aliphatic carbocycles. The highest BCUT2D eigenvalue weighted by Crippen LogP contribution is 2.26. The van der Waals surface area contributed by atoms with Crippen molar-refractivity contribution in [3.8, 4) is 22.6 Å². The van der Waals surface area contributed by atoms with Gasteiger partial charge in [-0.15, -0.1) is 0 Å². The molecule has 6 rings (SSSR count). The maximum absolute atomic E-state index is 14.1. The maximum atomic E-state index is 14.1. The van der Waals surface area contributed by atoms with Gasteiger partial charge in [0.05, 0.1) is 18.5 Å². The number of fused-ring (bicyclic) bond motifs is 1. The summed E-state index contributed by atoms with van der Waals surface area (Å²) in [5.74, 6) is 1.59. The minimum absolute atomic E-state index is 0.129. The molecule has 0 radical (unpaired) electrons. The Morgan fingerprint density at radius 2 is 1.85 bits per heavy atom. The van der Waals surface area contributed by atoms with E-state index in [9.17, 15) is 9.90 Å². The number of aliphatic hydroxyl groups is 1. The molecule has 2 N–H and O–H groups in total. The van der Waals surface area contributed by atoms with Crippen molar-refractivity contribution in [3.63, 3.8) is 0 Å². The van der Waals surface area contributed by atoms with Crippen molar-refractivity contribution < 1.29 is 14.7 Å². The van der Waals surface area contributed by atoms with Crippen LogP contribution < -0.4 is 15.6 Å². The van der Waals surface area contributed by atoms with E-state index in [4.69, 9.17) is 9.57 Å². The zero-order chi connectivity index (χ0) is 27.6. The maximum Gasteiger partial charge on any atom is 0.304 e. The number of hydrogen-bond donors (Lipinski definition) is 2. The van der Waals surface area contributed by atoms with Gasteiger partial charge >= 0.3 is 6.41 Å². The molecule has 202 valence electrons. The predicted octanol–water partition coefficient (Wildman–Crippen LogP) is 3.66. The largest absolute Gasteiger partial charge is 0.497 e. The van der Waals surface area contributed by atoms with Gasteiger partial charge in [0, 0.05) is 23.6 Å². The summed E-state index contributed by atoms with van der Waals surface area (Å²) >= 11 is 0. The van der Waals surface area contributed by atoms with Gasteiger partial charge < -0.3 is 20.0 Å². The normalized spacial score (nSPS) is 14.6. The number of benzene rings is 3. The molecule has 0 fully saturated rings. The molecule has 3 heterocycles. The third-order valence-electron chi connectivity index (χ3n) is 6.93. The van der Waals surface area contributed by atoms with Crippen LogP contribution in [0.5, 0.6) is 5.75 Å². The van der Waals surface area contributed by atoms with Gasteiger partial charge in [-0.2, -0.15) is 10.1 Å². The van der Waals surface area contributed by atoms with Crippen molar-refractivity contribution in [1.29, 1.82) is 0 Å². The van der Waals surface area contributed by atoms with Crippen LogP contribution in [0.3, 0.4) is 0 Å². The number of amidine groups is 1. The zero-order valence-electron chi connectivity index (χ0n) is 22.1. The van der Waals surface area contributed by atoms with Crippen LogP contribution in [0.25, 0.3) is 22.6 Å². The highest BCUT2D eigenvalue weighted by Gasteiger charge is 2.22. The average Bonchev–Trinajstić information content (AvgIpc) is 3.65. The lowest BCUT2D eigenvalue weighted by molar-refractivity contribution is -0.0896. The molecule has 1 aliphatic rings. The summed E-state index contributed by atoms with van der Waals surface area (Å²) in [5.41, 5.74) is 5.78. The summed E-state index contributed by atoms with van der Waals surface area (Å²) in [6.45, 7) is 2.08. The minimum Gasteiger partial charge on any atom is -0.497 e. The van der Waals surface area contributed by atoms with Crippen LogP contribution in [0.2, 0.25) is 0 Å². The molecule has 40 heavy (non-hydrogen) atoms. The van der Waals surface area contributed by atoms with Crippen LogP contribution in [0, 0.1) is 0 Å². The van der Waals surface area contributed by atoms with Gasteiger partial charge in [-0.05, 0) is 35.2 Å². The second-order valence-electron chi connectivity index (χ2n) is 9.45. The minimum atomic E-state index is -1.16. The number of nitrogens with one attached hydrogen (secondary N) is 1. The lowest BCUT2D eigenvalue weighted by Crippen LogP contribution is -2.29. The molecule has 0 spiro atoms. The van der Waals surface area contributed by atoms with Crippen molar-refractivity contribution in [2.45, 2.75) is 32.6 Å². The summed E-state index contributed by atoms with van der Waals surface area (Å²) in [4.78, 5) is 23.4. The summed E-state index contributed by atoms with van der Waals surface area (Å²) in [7, 11) is 1.60. The Hall–Kier alpha value is -4.96. The standard InChI is InChI=1S/C30H28N6O4/c1-3-7-26-25(28(37)35(29-31-18-32-36(26)29)21-8-6-9-22(17-21)39-2)16-19-12-14-20(15-13-19)23-10-4-5-11-24(23)27-33-30(38)40-34-27/h4-6,8-15,17-18,30,38H,3,7,16H2,1-2H3,(H,33,34). The number of aromatic nitrogens is 4. The van der Waals surface area contributed by atoms with Gasteiger partial charge in [0.1, 0.15) is 12.1 Å². The molecule has 10 nitrogen and oxygen atoms in total. The van der Waals surface area contributed by atoms with E-state index in [-0.39, 0.29) is 5.56 Å².